The van der Waals surface area contributed by atoms with Crippen LogP contribution in [-0.2, 0) is 25.8 Å². The van der Waals surface area contributed by atoms with E-state index in [1.165, 1.54) is 13.8 Å². The Hall–Kier alpha value is -4.63. The maximum absolute atomic E-state index is 13.6. The fourth-order valence-electron chi connectivity index (χ4n) is 4.87. The molecule has 0 aliphatic heterocycles. The molecule has 4 aromatic rings. The van der Waals surface area contributed by atoms with Crippen molar-refractivity contribution in [3.05, 3.63) is 82.9 Å². The molecule has 9 nitrogen and oxygen atoms in total. The number of rotatable bonds is 11. The predicted octanol–water partition coefficient (Wildman–Crippen LogP) is 5.65. The molecule has 0 radical (unpaired) electrons. The second-order valence-corrected chi connectivity index (χ2v) is 9.59. The van der Waals surface area contributed by atoms with Gasteiger partial charge in [0, 0.05) is 65.3 Å². The number of aryl methyl sites for hydroxylation is 2. The van der Waals surface area contributed by atoms with Crippen molar-refractivity contribution >= 4 is 51.0 Å². The summed E-state index contributed by atoms with van der Waals surface area (Å²) in [6.07, 6.45) is 0.00945. The predicted molar refractivity (Wildman–Crippen MR) is 157 cm³/mol. The van der Waals surface area contributed by atoms with Crippen LogP contribution in [0.5, 0.6) is 0 Å². The lowest BCUT2D eigenvalue weighted by atomic mass is 9.97. The molecule has 0 saturated carbocycles. The number of benzene rings is 3. The van der Waals surface area contributed by atoms with Crippen LogP contribution in [-0.4, -0.2) is 51.9 Å². The Kier molecular flexibility index (Phi) is 9.09. The molecule has 1 amide bonds. The molecule has 0 N–H and O–H groups in total. The minimum atomic E-state index is -0.671. The standard InChI is InChI=1S/C32H33N3O6/c1-6-34-29-14-12-23(31(38)25-11-9-8-10-20(25)3)18-26(29)27-19-24(13-15-30(27)34)32(39)28(33-41-22(5)37)16-17-35(21(4)36)40-7-2/h8-15,18-19H,6-7,16-17H2,1-5H3/b33-28+. The molecular formula is C32H33N3O6. The van der Waals surface area contributed by atoms with Crippen LogP contribution in [0.4, 0.5) is 0 Å². The van der Waals surface area contributed by atoms with Crippen molar-refractivity contribution < 1.29 is 28.9 Å². The van der Waals surface area contributed by atoms with Gasteiger partial charge in [0.2, 0.25) is 11.7 Å². The van der Waals surface area contributed by atoms with Crippen molar-refractivity contribution in [1.82, 2.24) is 9.63 Å². The third kappa shape index (κ3) is 6.25. The second kappa shape index (κ2) is 12.7. The monoisotopic (exact) mass is 555 g/mol. The maximum atomic E-state index is 13.6. The van der Waals surface area contributed by atoms with Gasteiger partial charge in [0.15, 0.2) is 5.78 Å². The largest absolute Gasteiger partial charge is 0.341 e. The molecule has 1 heterocycles. The van der Waals surface area contributed by atoms with Gasteiger partial charge in [-0.05, 0) is 62.7 Å². The molecular weight excluding hydrogens is 522 g/mol. The Bertz CT molecular complexity index is 1680. The van der Waals surface area contributed by atoms with Crippen LogP contribution in [0, 0.1) is 6.92 Å². The van der Waals surface area contributed by atoms with Gasteiger partial charge in [0.05, 0.1) is 13.2 Å². The van der Waals surface area contributed by atoms with Crippen molar-refractivity contribution in [1.29, 1.82) is 0 Å². The number of hydrogen-bond acceptors (Lipinski definition) is 7. The Morgan fingerprint density at radius 3 is 2.10 bits per heavy atom. The van der Waals surface area contributed by atoms with Gasteiger partial charge in [-0.1, -0.05) is 29.4 Å². The van der Waals surface area contributed by atoms with Crippen molar-refractivity contribution in [3.63, 3.8) is 0 Å². The van der Waals surface area contributed by atoms with E-state index in [0.29, 0.717) is 23.2 Å². The fraction of sp³-hybridized carbons (Fsp3) is 0.281. The zero-order valence-corrected chi connectivity index (χ0v) is 23.9. The van der Waals surface area contributed by atoms with Crippen LogP contribution in [0.25, 0.3) is 21.8 Å². The van der Waals surface area contributed by atoms with Crippen LogP contribution in [0.1, 0.15) is 66.0 Å². The molecule has 0 saturated heterocycles. The number of nitrogens with zero attached hydrogens (tertiary/aromatic N) is 3. The van der Waals surface area contributed by atoms with Crippen LogP contribution in [0.15, 0.2) is 65.8 Å². The lowest BCUT2D eigenvalue weighted by molar-refractivity contribution is -0.181. The first-order chi connectivity index (χ1) is 19.7. The van der Waals surface area contributed by atoms with Crippen LogP contribution >= 0.6 is 0 Å². The molecule has 1 aromatic heterocycles. The van der Waals surface area contributed by atoms with Gasteiger partial charge < -0.3 is 9.40 Å². The zero-order chi connectivity index (χ0) is 29.7. The second-order valence-electron chi connectivity index (χ2n) is 9.59. The summed E-state index contributed by atoms with van der Waals surface area (Å²) in [4.78, 5) is 60.5. The van der Waals surface area contributed by atoms with E-state index in [2.05, 4.69) is 9.72 Å². The molecule has 0 fully saturated rings. The van der Waals surface area contributed by atoms with E-state index >= 15 is 0 Å². The van der Waals surface area contributed by atoms with Gasteiger partial charge in [-0.3, -0.25) is 19.2 Å². The number of carbonyl (C=O) groups is 4. The van der Waals surface area contributed by atoms with Crippen LogP contribution in [0.2, 0.25) is 0 Å². The van der Waals surface area contributed by atoms with E-state index in [-0.39, 0.29) is 37.0 Å². The Balaban J connectivity index is 1.77. The van der Waals surface area contributed by atoms with E-state index in [0.717, 1.165) is 32.4 Å². The summed E-state index contributed by atoms with van der Waals surface area (Å²) < 4.78 is 2.13. The highest BCUT2D eigenvalue weighted by Crippen LogP contribution is 2.32. The quantitative estimate of drug-likeness (QED) is 0.103. The van der Waals surface area contributed by atoms with Gasteiger partial charge in [0.1, 0.15) is 5.71 Å². The number of fused-ring (bicyclic) bond motifs is 3. The molecule has 41 heavy (non-hydrogen) atoms. The lowest BCUT2D eigenvalue weighted by Crippen LogP contribution is -2.32. The number of ketones is 2. The normalized spacial score (nSPS) is 11.6. The molecule has 0 bridgehead atoms. The van der Waals surface area contributed by atoms with Gasteiger partial charge in [-0.2, -0.15) is 0 Å². The highest BCUT2D eigenvalue weighted by molar-refractivity contribution is 6.46. The summed E-state index contributed by atoms with van der Waals surface area (Å²) in [5.74, 6) is -1.51. The molecule has 212 valence electrons. The van der Waals surface area contributed by atoms with Gasteiger partial charge >= 0.3 is 5.97 Å². The van der Waals surface area contributed by atoms with E-state index in [1.807, 2.05) is 62.4 Å². The molecule has 0 atom stereocenters. The zero-order valence-electron chi connectivity index (χ0n) is 23.9. The third-order valence-electron chi connectivity index (χ3n) is 6.83. The van der Waals surface area contributed by atoms with Crippen molar-refractivity contribution in [2.75, 3.05) is 13.2 Å². The SMILES string of the molecule is CCON(CC/C(=N\OC(C)=O)C(=O)c1ccc2c(c1)c1cc(C(=O)c3ccccc3C)ccc1n2CC)C(C)=O. The number of hydroxylamine groups is 2. The summed E-state index contributed by atoms with van der Waals surface area (Å²) in [7, 11) is 0. The van der Waals surface area contributed by atoms with Crippen LogP contribution < -0.4 is 0 Å². The van der Waals surface area contributed by atoms with Gasteiger partial charge in [-0.25, -0.2) is 9.86 Å². The Labute approximate surface area is 238 Å². The van der Waals surface area contributed by atoms with E-state index < -0.39 is 11.8 Å². The van der Waals surface area contributed by atoms with Crippen LogP contribution in [0.3, 0.4) is 0 Å². The smallest absolute Gasteiger partial charge is 0.331 e. The fourth-order valence-corrected chi connectivity index (χ4v) is 4.87. The summed E-state index contributed by atoms with van der Waals surface area (Å²) in [5.41, 5.74) is 4.25. The molecule has 0 unspecified atom stereocenters. The molecule has 0 aliphatic carbocycles. The van der Waals surface area contributed by atoms with E-state index in [4.69, 9.17) is 9.68 Å². The van der Waals surface area contributed by atoms with E-state index in [9.17, 15) is 19.2 Å². The molecule has 3 aromatic carbocycles. The lowest BCUT2D eigenvalue weighted by Gasteiger charge is -2.19. The summed E-state index contributed by atoms with van der Waals surface area (Å²) in [6, 6.07) is 18.4. The van der Waals surface area contributed by atoms with Crippen molar-refractivity contribution in [2.24, 2.45) is 5.16 Å². The minimum absolute atomic E-state index is 0.00945. The maximum Gasteiger partial charge on any atom is 0.331 e. The molecule has 9 heteroatoms. The minimum Gasteiger partial charge on any atom is -0.341 e. The molecule has 4 rings (SSSR count). The first-order valence-electron chi connectivity index (χ1n) is 13.5. The van der Waals surface area contributed by atoms with Crippen molar-refractivity contribution in [2.45, 2.75) is 47.6 Å². The summed E-state index contributed by atoms with van der Waals surface area (Å²) >= 11 is 0. The average Bonchev–Trinajstić information content (AvgIpc) is 3.28. The van der Waals surface area contributed by atoms with Crippen molar-refractivity contribution in [3.8, 4) is 0 Å². The third-order valence-corrected chi connectivity index (χ3v) is 6.83. The van der Waals surface area contributed by atoms with E-state index in [1.54, 1.807) is 19.1 Å². The first kappa shape index (κ1) is 29.4. The highest BCUT2D eigenvalue weighted by Gasteiger charge is 2.21. The summed E-state index contributed by atoms with van der Waals surface area (Å²) in [5, 5.41) is 6.59. The molecule has 0 aliphatic rings. The highest BCUT2D eigenvalue weighted by atomic mass is 16.7. The Morgan fingerprint density at radius 1 is 0.878 bits per heavy atom. The topological polar surface area (TPSA) is 107 Å². The number of oxime groups is 1. The molecule has 0 spiro atoms. The summed E-state index contributed by atoms with van der Waals surface area (Å²) in [6.45, 7) is 9.25. The number of hydrogen-bond donors (Lipinski definition) is 0. The van der Waals surface area contributed by atoms with Gasteiger partial charge in [-0.15, -0.1) is 0 Å². The first-order valence-corrected chi connectivity index (χ1v) is 13.5. The van der Waals surface area contributed by atoms with Gasteiger partial charge in [0.25, 0.3) is 0 Å². The number of aromatic nitrogens is 1. The number of carbonyl (C=O) groups excluding carboxylic acids is 4. The Morgan fingerprint density at radius 2 is 1.51 bits per heavy atom. The average molecular weight is 556 g/mol. The number of Topliss-reactive ketones (excluding diaryl/α,β-unsaturated/α-hetero) is 1. The number of amides is 1.